The Hall–Kier alpha value is -0.750. The number of carbonyl (C=O) groups is 2. The molecule has 0 aromatic carbocycles. The van der Waals surface area contributed by atoms with Gasteiger partial charge in [0.05, 0.1) is 5.88 Å². The molecule has 0 bridgehead atoms. The van der Waals surface area contributed by atoms with E-state index in [9.17, 15) is 9.59 Å². The van der Waals surface area contributed by atoms with Crippen molar-refractivity contribution in [2.24, 2.45) is 11.3 Å². The van der Waals surface area contributed by atoms with Crippen LogP contribution in [-0.2, 0) is 9.59 Å². The van der Waals surface area contributed by atoms with E-state index in [1.807, 2.05) is 19.0 Å². The summed E-state index contributed by atoms with van der Waals surface area (Å²) < 4.78 is 0. The molecule has 0 unspecified atom stereocenters. The summed E-state index contributed by atoms with van der Waals surface area (Å²) in [4.78, 5) is 29.2. The van der Waals surface area contributed by atoms with Crippen molar-refractivity contribution in [2.75, 3.05) is 38.8 Å². The van der Waals surface area contributed by atoms with Gasteiger partial charge >= 0.3 is 0 Å². The molecule has 1 aliphatic heterocycles. The lowest BCUT2D eigenvalue weighted by molar-refractivity contribution is -0.141. The fourth-order valence-corrected chi connectivity index (χ4v) is 4.80. The number of rotatable bonds is 6. The molecule has 1 saturated heterocycles. The smallest absolute Gasteiger partial charge is 0.243 e. The highest BCUT2D eigenvalue weighted by Gasteiger charge is 2.38. The zero-order valence-corrected chi connectivity index (χ0v) is 15.7. The van der Waals surface area contributed by atoms with E-state index in [1.54, 1.807) is 11.8 Å². The van der Waals surface area contributed by atoms with Crippen LogP contribution in [-0.4, -0.2) is 66.5 Å². The first-order valence-corrected chi connectivity index (χ1v) is 9.76. The molecule has 1 aliphatic carbocycles. The van der Waals surface area contributed by atoms with Crippen LogP contribution in [0.4, 0.5) is 0 Å². The maximum absolute atomic E-state index is 12.6. The molecule has 23 heavy (non-hydrogen) atoms. The summed E-state index contributed by atoms with van der Waals surface area (Å²) in [5.41, 5.74) is 0.0190. The van der Waals surface area contributed by atoms with E-state index < -0.39 is 0 Å². The SMILES string of the molecule is CN(C)CC(C)(C)CNC(=O)[C@H]1CSCN1C(=O)C1CCCC1. The van der Waals surface area contributed by atoms with Crippen LogP contribution in [0, 0.1) is 11.3 Å². The van der Waals surface area contributed by atoms with E-state index in [0.717, 1.165) is 38.0 Å². The highest BCUT2D eigenvalue weighted by molar-refractivity contribution is 7.99. The number of thioether (sulfide) groups is 1. The van der Waals surface area contributed by atoms with E-state index in [0.29, 0.717) is 12.4 Å². The molecule has 1 heterocycles. The van der Waals surface area contributed by atoms with Crippen LogP contribution in [0.1, 0.15) is 39.5 Å². The van der Waals surface area contributed by atoms with Gasteiger partial charge in [0.1, 0.15) is 6.04 Å². The van der Waals surface area contributed by atoms with Crippen molar-refractivity contribution in [3.8, 4) is 0 Å². The second-order valence-corrected chi connectivity index (χ2v) is 8.92. The lowest BCUT2D eigenvalue weighted by atomic mass is 9.93. The molecule has 1 N–H and O–H groups in total. The van der Waals surface area contributed by atoms with Crippen LogP contribution in [0.25, 0.3) is 0 Å². The monoisotopic (exact) mass is 341 g/mol. The van der Waals surface area contributed by atoms with Gasteiger partial charge in [-0.1, -0.05) is 26.7 Å². The lowest BCUT2D eigenvalue weighted by Crippen LogP contribution is -2.51. The Kier molecular flexibility index (Phi) is 6.37. The first kappa shape index (κ1) is 18.6. The van der Waals surface area contributed by atoms with Gasteiger partial charge in [-0.05, 0) is 32.4 Å². The first-order chi connectivity index (χ1) is 10.8. The number of nitrogens with one attached hydrogen (secondary N) is 1. The second kappa shape index (κ2) is 7.88. The summed E-state index contributed by atoms with van der Waals surface area (Å²) in [6.45, 7) is 5.85. The quantitative estimate of drug-likeness (QED) is 0.800. The Morgan fingerprint density at radius 3 is 2.52 bits per heavy atom. The van der Waals surface area contributed by atoms with Crippen molar-refractivity contribution in [2.45, 2.75) is 45.6 Å². The predicted octanol–water partition coefficient (Wildman–Crippen LogP) is 1.78. The van der Waals surface area contributed by atoms with Gasteiger partial charge in [0.2, 0.25) is 11.8 Å². The van der Waals surface area contributed by atoms with Gasteiger partial charge in [-0.3, -0.25) is 9.59 Å². The van der Waals surface area contributed by atoms with Gasteiger partial charge in [0.15, 0.2) is 0 Å². The predicted molar refractivity (Wildman–Crippen MR) is 95.3 cm³/mol. The zero-order chi connectivity index (χ0) is 17.0. The van der Waals surface area contributed by atoms with Crippen LogP contribution < -0.4 is 5.32 Å². The maximum atomic E-state index is 12.6. The Morgan fingerprint density at radius 1 is 1.26 bits per heavy atom. The Morgan fingerprint density at radius 2 is 1.91 bits per heavy atom. The summed E-state index contributed by atoms with van der Waals surface area (Å²) in [5, 5.41) is 3.07. The van der Waals surface area contributed by atoms with Crippen molar-refractivity contribution in [1.29, 1.82) is 0 Å². The van der Waals surface area contributed by atoms with Crippen LogP contribution in [0.5, 0.6) is 0 Å². The summed E-state index contributed by atoms with van der Waals surface area (Å²) in [7, 11) is 4.08. The Bertz CT molecular complexity index is 434. The van der Waals surface area contributed by atoms with E-state index in [2.05, 4.69) is 24.1 Å². The maximum Gasteiger partial charge on any atom is 0.243 e. The highest BCUT2D eigenvalue weighted by atomic mass is 32.2. The molecule has 2 rings (SSSR count). The molecule has 2 amide bonds. The third-order valence-corrected chi connectivity index (χ3v) is 5.67. The molecule has 0 aromatic heterocycles. The third kappa shape index (κ3) is 5.11. The summed E-state index contributed by atoms with van der Waals surface area (Å²) >= 11 is 1.69. The van der Waals surface area contributed by atoms with Crippen molar-refractivity contribution in [1.82, 2.24) is 15.1 Å². The average Bonchev–Trinajstić information content (AvgIpc) is 3.13. The topological polar surface area (TPSA) is 52.7 Å². The van der Waals surface area contributed by atoms with E-state index in [1.165, 1.54) is 0 Å². The zero-order valence-electron chi connectivity index (χ0n) is 14.9. The van der Waals surface area contributed by atoms with Crippen LogP contribution in [0.15, 0.2) is 0 Å². The minimum absolute atomic E-state index is 0.00757. The van der Waals surface area contributed by atoms with Gasteiger partial charge in [0, 0.05) is 24.8 Å². The van der Waals surface area contributed by atoms with Crippen molar-refractivity contribution < 1.29 is 9.59 Å². The fraction of sp³-hybridized carbons (Fsp3) is 0.882. The molecule has 132 valence electrons. The minimum Gasteiger partial charge on any atom is -0.354 e. The molecule has 6 heteroatoms. The van der Waals surface area contributed by atoms with E-state index >= 15 is 0 Å². The number of hydrogen-bond acceptors (Lipinski definition) is 4. The summed E-state index contributed by atoms with van der Waals surface area (Å²) in [6.07, 6.45) is 4.27. The molecule has 0 aromatic rings. The van der Waals surface area contributed by atoms with Gasteiger partial charge in [-0.25, -0.2) is 0 Å². The van der Waals surface area contributed by atoms with Crippen molar-refractivity contribution in [3.05, 3.63) is 0 Å². The molecule has 0 spiro atoms. The lowest BCUT2D eigenvalue weighted by Gasteiger charge is -2.30. The van der Waals surface area contributed by atoms with Gasteiger partial charge < -0.3 is 15.1 Å². The molecule has 0 radical (unpaired) electrons. The van der Waals surface area contributed by atoms with Crippen LogP contribution in [0.2, 0.25) is 0 Å². The number of amides is 2. The number of hydrogen-bond donors (Lipinski definition) is 1. The van der Waals surface area contributed by atoms with Gasteiger partial charge in [0.25, 0.3) is 0 Å². The van der Waals surface area contributed by atoms with Crippen LogP contribution >= 0.6 is 11.8 Å². The molecule has 1 atom stereocenters. The molecule has 1 saturated carbocycles. The normalized spacial score (nSPS) is 22.8. The minimum atomic E-state index is -0.289. The third-order valence-electron chi connectivity index (χ3n) is 4.66. The number of nitrogens with zero attached hydrogens (tertiary/aromatic N) is 2. The first-order valence-electron chi connectivity index (χ1n) is 8.61. The summed E-state index contributed by atoms with van der Waals surface area (Å²) in [6, 6.07) is -0.289. The average molecular weight is 342 g/mol. The Labute approximate surface area is 144 Å². The molecule has 5 nitrogen and oxygen atoms in total. The van der Waals surface area contributed by atoms with Gasteiger partial charge in [-0.2, -0.15) is 0 Å². The molecule has 2 fully saturated rings. The molecular weight excluding hydrogens is 310 g/mol. The largest absolute Gasteiger partial charge is 0.354 e. The molecule has 2 aliphatic rings. The fourth-order valence-electron chi connectivity index (χ4n) is 3.64. The van der Waals surface area contributed by atoms with E-state index in [4.69, 9.17) is 0 Å². The van der Waals surface area contributed by atoms with Crippen LogP contribution in [0.3, 0.4) is 0 Å². The summed E-state index contributed by atoms with van der Waals surface area (Å²) in [5.74, 6) is 1.73. The number of carbonyl (C=O) groups excluding carboxylic acids is 2. The Balaban J connectivity index is 1.88. The van der Waals surface area contributed by atoms with E-state index in [-0.39, 0.29) is 29.2 Å². The van der Waals surface area contributed by atoms with Crippen molar-refractivity contribution in [3.63, 3.8) is 0 Å². The molecular formula is C17H31N3O2S. The van der Waals surface area contributed by atoms with Crippen molar-refractivity contribution >= 4 is 23.6 Å². The van der Waals surface area contributed by atoms with Gasteiger partial charge in [-0.15, -0.1) is 11.8 Å². The second-order valence-electron chi connectivity index (χ2n) is 7.92. The highest BCUT2D eigenvalue weighted by Crippen LogP contribution is 2.30. The standard InChI is InChI=1S/C17H31N3O2S/c1-17(2,11-19(3)4)10-18-15(21)14-9-23-12-20(14)16(22)13-7-5-6-8-13/h13-14H,5-12H2,1-4H3,(H,18,21)/t14-/m1/s1.